The van der Waals surface area contributed by atoms with E-state index >= 15 is 0 Å². The SMILES string of the molecule is Cc1ccc(SC(n2ccnc2)C(C)(C)c2ccccc2)cc1. The number of nitrogens with zero attached hydrogens (tertiary/aromatic N) is 2. The van der Waals surface area contributed by atoms with E-state index in [0.29, 0.717) is 0 Å². The Hall–Kier alpha value is -2.00. The molecule has 118 valence electrons. The third-order valence-corrected chi connectivity index (χ3v) is 5.80. The first-order valence-electron chi connectivity index (χ1n) is 7.83. The van der Waals surface area contributed by atoms with Crippen molar-refractivity contribution < 1.29 is 0 Å². The molecule has 1 atom stereocenters. The van der Waals surface area contributed by atoms with Crippen LogP contribution in [0.1, 0.15) is 30.3 Å². The summed E-state index contributed by atoms with van der Waals surface area (Å²) in [7, 11) is 0. The third-order valence-electron chi connectivity index (χ3n) is 4.20. The third kappa shape index (κ3) is 3.50. The van der Waals surface area contributed by atoms with Gasteiger partial charge in [-0.25, -0.2) is 4.98 Å². The van der Waals surface area contributed by atoms with Gasteiger partial charge in [-0.3, -0.25) is 0 Å². The number of imidazole rings is 1. The first-order valence-corrected chi connectivity index (χ1v) is 8.71. The van der Waals surface area contributed by atoms with Crippen LogP contribution in [0.4, 0.5) is 0 Å². The smallest absolute Gasteiger partial charge is 0.0956 e. The van der Waals surface area contributed by atoms with E-state index in [4.69, 9.17) is 0 Å². The normalized spacial score (nSPS) is 13.0. The van der Waals surface area contributed by atoms with Crippen LogP contribution in [0.5, 0.6) is 0 Å². The van der Waals surface area contributed by atoms with Crippen molar-refractivity contribution in [2.45, 2.75) is 36.5 Å². The molecule has 0 saturated heterocycles. The van der Waals surface area contributed by atoms with Crippen LogP contribution in [0.25, 0.3) is 0 Å². The van der Waals surface area contributed by atoms with Gasteiger partial charge in [-0.15, -0.1) is 0 Å². The lowest BCUT2D eigenvalue weighted by Gasteiger charge is -2.35. The lowest BCUT2D eigenvalue weighted by Crippen LogP contribution is -2.28. The fraction of sp³-hybridized carbons (Fsp3) is 0.250. The second-order valence-electron chi connectivity index (χ2n) is 6.38. The maximum Gasteiger partial charge on any atom is 0.0956 e. The predicted octanol–water partition coefficient (Wildman–Crippen LogP) is 5.46. The van der Waals surface area contributed by atoms with Gasteiger partial charge in [0.1, 0.15) is 0 Å². The number of benzene rings is 2. The molecule has 0 amide bonds. The van der Waals surface area contributed by atoms with Crippen LogP contribution in [-0.2, 0) is 5.41 Å². The Kier molecular flexibility index (Phi) is 4.58. The van der Waals surface area contributed by atoms with Crippen molar-refractivity contribution in [2.75, 3.05) is 0 Å². The van der Waals surface area contributed by atoms with Crippen LogP contribution in [0, 0.1) is 6.92 Å². The van der Waals surface area contributed by atoms with Gasteiger partial charge in [0.05, 0.1) is 11.7 Å². The first-order chi connectivity index (χ1) is 11.1. The Balaban J connectivity index is 1.97. The molecule has 0 aliphatic heterocycles. The molecule has 0 fully saturated rings. The minimum Gasteiger partial charge on any atom is -0.324 e. The standard InChI is InChI=1S/C20H22N2S/c1-16-9-11-18(12-10-16)23-19(22-14-13-21-15-22)20(2,3)17-7-5-4-6-8-17/h4-15,19H,1-3H3. The predicted molar refractivity (Wildman–Crippen MR) is 97.8 cm³/mol. The molecule has 1 heterocycles. The molecular formula is C20H22N2S. The maximum absolute atomic E-state index is 4.26. The van der Waals surface area contributed by atoms with Crippen molar-refractivity contribution in [2.24, 2.45) is 0 Å². The Bertz CT molecular complexity index is 731. The molecule has 0 aliphatic carbocycles. The van der Waals surface area contributed by atoms with E-state index in [9.17, 15) is 0 Å². The van der Waals surface area contributed by atoms with Gasteiger partial charge >= 0.3 is 0 Å². The number of thioether (sulfide) groups is 1. The molecule has 23 heavy (non-hydrogen) atoms. The summed E-state index contributed by atoms with van der Waals surface area (Å²) in [6.07, 6.45) is 5.82. The van der Waals surface area contributed by atoms with E-state index in [1.165, 1.54) is 16.0 Å². The molecule has 3 heteroatoms. The zero-order chi connectivity index (χ0) is 16.3. The molecule has 0 bridgehead atoms. The maximum atomic E-state index is 4.26. The summed E-state index contributed by atoms with van der Waals surface area (Å²) < 4.78 is 2.21. The second kappa shape index (κ2) is 6.63. The highest BCUT2D eigenvalue weighted by Gasteiger charge is 2.33. The Morgan fingerprint density at radius 3 is 2.30 bits per heavy atom. The molecule has 1 unspecified atom stereocenters. The zero-order valence-corrected chi connectivity index (χ0v) is 14.6. The molecule has 0 saturated carbocycles. The van der Waals surface area contributed by atoms with Crippen molar-refractivity contribution in [3.05, 3.63) is 84.4 Å². The summed E-state index contributed by atoms with van der Waals surface area (Å²) in [6, 6.07) is 19.4. The number of aromatic nitrogens is 2. The molecular weight excluding hydrogens is 300 g/mol. The van der Waals surface area contributed by atoms with Gasteiger partial charge in [-0.2, -0.15) is 0 Å². The van der Waals surface area contributed by atoms with Crippen molar-refractivity contribution in [1.82, 2.24) is 9.55 Å². The molecule has 3 rings (SSSR count). The average Bonchev–Trinajstić information content (AvgIpc) is 3.09. The van der Waals surface area contributed by atoms with Crippen molar-refractivity contribution in [3.63, 3.8) is 0 Å². The van der Waals surface area contributed by atoms with Gasteiger partial charge in [0.25, 0.3) is 0 Å². The van der Waals surface area contributed by atoms with Crippen LogP contribution in [0.3, 0.4) is 0 Å². The highest BCUT2D eigenvalue weighted by molar-refractivity contribution is 7.99. The lowest BCUT2D eigenvalue weighted by atomic mass is 9.84. The highest BCUT2D eigenvalue weighted by Crippen LogP contribution is 2.45. The highest BCUT2D eigenvalue weighted by atomic mass is 32.2. The fourth-order valence-electron chi connectivity index (χ4n) is 2.75. The van der Waals surface area contributed by atoms with Gasteiger partial charge in [0, 0.05) is 22.7 Å². The van der Waals surface area contributed by atoms with E-state index in [0.717, 1.165) is 0 Å². The molecule has 2 aromatic carbocycles. The minimum absolute atomic E-state index is 0.0302. The summed E-state index contributed by atoms with van der Waals surface area (Å²) in [5.74, 6) is 0. The molecule has 0 aliphatic rings. The van der Waals surface area contributed by atoms with E-state index in [2.05, 4.69) is 91.1 Å². The molecule has 0 N–H and O–H groups in total. The van der Waals surface area contributed by atoms with Gasteiger partial charge < -0.3 is 4.57 Å². The van der Waals surface area contributed by atoms with Crippen molar-refractivity contribution >= 4 is 11.8 Å². The lowest BCUT2D eigenvalue weighted by molar-refractivity contribution is 0.421. The number of rotatable bonds is 5. The largest absolute Gasteiger partial charge is 0.324 e. The molecule has 1 aromatic heterocycles. The summed E-state index contributed by atoms with van der Waals surface area (Å²) >= 11 is 1.88. The quantitative estimate of drug-likeness (QED) is 0.580. The number of hydrogen-bond acceptors (Lipinski definition) is 2. The van der Waals surface area contributed by atoms with E-state index in [1.807, 2.05) is 24.3 Å². The molecule has 2 nitrogen and oxygen atoms in total. The summed E-state index contributed by atoms with van der Waals surface area (Å²) in [4.78, 5) is 5.53. The van der Waals surface area contributed by atoms with Gasteiger partial charge in [-0.1, -0.05) is 73.6 Å². The van der Waals surface area contributed by atoms with E-state index in [1.54, 1.807) is 0 Å². The first kappa shape index (κ1) is 15.9. The van der Waals surface area contributed by atoms with Crippen molar-refractivity contribution in [3.8, 4) is 0 Å². The van der Waals surface area contributed by atoms with Gasteiger partial charge in [-0.05, 0) is 24.6 Å². The van der Waals surface area contributed by atoms with E-state index < -0.39 is 0 Å². The number of hydrogen-bond donors (Lipinski definition) is 0. The van der Waals surface area contributed by atoms with E-state index in [-0.39, 0.29) is 10.8 Å². The molecule has 0 radical (unpaired) electrons. The topological polar surface area (TPSA) is 17.8 Å². The zero-order valence-electron chi connectivity index (χ0n) is 13.8. The second-order valence-corrected chi connectivity index (χ2v) is 7.53. The molecule has 3 aromatic rings. The number of aryl methyl sites for hydroxylation is 1. The summed E-state index contributed by atoms with van der Waals surface area (Å²) in [6.45, 7) is 6.72. The Labute approximate surface area is 142 Å². The van der Waals surface area contributed by atoms with Gasteiger partial charge in [0.2, 0.25) is 0 Å². The average molecular weight is 322 g/mol. The van der Waals surface area contributed by atoms with Crippen molar-refractivity contribution in [1.29, 1.82) is 0 Å². The Morgan fingerprint density at radius 1 is 1.00 bits per heavy atom. The summed E-state index contributed by atoms with van der Waals surface area (Å²) in [5, 5.41) is 0.232. The Morgan fingerprint density at radius 2 is 1.70 bits per heavy atom. The molecule has 0 spiro atoms. The monoisotopic (exact) mass is 322 g/mol. The van der Waals surface area contributed by atoms with Crippen LogP contribution in [0.15, 0.2) is 78.2 Å². The van der Waals surface area contributed by atoms with Crippen LogP contribution in [0.2, 0.25) is 0 Å². The minimum atomic E-state index is -0.0302. The van der Waals surface area contributed by atoms with Gasteiger partial charge in [0.15, 0.2) is 0 Å². The summed E-state index contributed by atoms with van der Waals surface area (Å²) in [5.41, 5.74) is 2.59. The fourth-order valence-corrected chi connectivity index (χ4v) is 3.97. The van der Waals surface area contributed by atoms with Crippen LogP contribution < -0.4 is 0 Å². The van der Waals surface area contributed by atoms with Crippen LogP contribution in [-0.4, -0.2) is 9.55 Å². The van der Waals surface area contributed by atoms with Crippen LogP contribution >= 0.6 is 11.8 Å².